The van der Waals surface area contributed by atoms with Gasteiger partial charge in [0.15, 0.2) is 11.5 Å². The summed E-state index contributed by atoms with van der Waals surface area (Å²) in [6.07, 6.45) is 4.72. The van der Waals surface area contributed by atoms with Gasteiger partial charge in [0.25, 0.3) is 5.91 Å². The summed E-state index contributed by atoms with van der Waals surface area (Å²) in [5.74, 6) is 1.73. The summed E-state index contributed by atoms with van der Waals surface area (Å²) >= 11 is 3.65. The number of carbonyl (C=O) groups excluding carboxylic acids is 1. The summed E-state index contributed by atoms with van der Waals surface area (Å²) in [5, 5.41) is 3.02. The van der Waals surface area contributed by atoms with Crippen LogP contribution in [0, 0.1) is 5.92 Å². The molecule has 0 heterocycles. The molecule has 116 valence electrons. The number of halogens is 1. The standard InChI is InChI=1S/C16H22BrNO3/c1-20-14-8-5-12(9-15(14)21-2)16(19)18-10-11-3-6-13(17)7-4-11/h5,8-9,11,13H,3-4,6-7,10H2,1-2H3,(H,18,19). The van der Waals surface area contributed by atoms with Crippen LogP contribution in [0.4, 0.5) is 0 Å². The third-order valence-corrected chi connectivity index (χ3v) is 4.89. The Morgan fingerprint density at radius 2 is 1.86 bits per heavy atom. The molecule has 0 radical (unpaired) electrons. The molecular weight excluding hydrogens is 334 g/mol. The number of ether oxygens (including phenoxy) is 2. The minimum Gasteiger partial charge on any atom is -0.493 e. The fourth-order valence-electron chi connectivity index (χ4n) is 2.64. The monoisotopic (exact) mass is 355 g/mol. The second kappa shape index (κ2) is 7.69. The lowest BCUT2D eigenvalue weighted by Crippen LogP contribution is -2.31. The summed E-state index contributed by atoms with van der Waals surface area (Å²) < 4.78 is 10.4. The van der Waals surface area contributed by atoms with Crippen molar-refractivity contribution in [2.24, 2.45) is 5.92 Å². The Labute approximate surface area is 134 Å². The van der Waals surface area contributed by atoms with Crippen LogP contribution < -0.4 is 14.8 Å². The van der Waals surface area contributed by atoms with E-state index in [9.17, 15) is 4.79 Å². The van der Waals surface area contributed by atoms with Crippen molar-refractivity contribution < 1.29 is 14.3 Å². The van der Waals surface area contributed by atoms with E-state index in [2.05, 4.69) is 21.2 Å². The molecule has 21 heavy (non-hydrogen) atoms. The zero-order valence-electron chi connectivity index (χ0n) is 12.5. The average molecular weight is 356 g/mol. The number of benzene rings is 1. The molecule has 0 aliphatic heterocycles. The average Bonchev–Trinajstić information content (AvgIpc) is 2.53. The Morgan fingerprint density at radius 1 is 1.19 bits per heavy atom. The lowest BCUT2D eigenvalue weighted by molar-refractivity contribution is 0.0943. The van der Waals surface area contributed by atoms with Gasteiger partial charge in [0.1, 0.15) is 0 Å². The van der Waals surface area contributed by atoms with Crippen LogP contribution in [0.5, 0.6) is 11.5 Å². The zero-order chi connectivity index (χ0) is 15.2. The van der Waals surface area contributed by atoms with Crippen molar-refractivity contribution in [3.63, 3.8) is 0 Å². The van der Waals surface area contributed by atoms with Crippen LogP contribution >= 0.6 is 15.9 Å². The third kappa shape index (κ3) is 4.37. The smallest absolute Gasteiger partial charge is 0.251 e. The van der Waals surface area contributed by atoms with Gasteiger partial charge in [0.05, 0.1) is 14.2 Å². The molecule has 1 aromatic rings. The molecule has 0 atom stereocenters. The van der Waals surface area contributed by atoms with E-state index in [0.717, 1.165) is 6.54 Å². The van der Waals surface area contributed by atoms with Crippen molar-refractivity contribution in [3.05, 3.63) is 23.8 Å². The van der Waals surface area contributed by atoms with Crippen molar-refractivity contribution in [2.75, 3.05) is 20.8 Å². The van der Waals surface area contributed by atoms with E-state index in [4.69, 9.17) is 9.47 Å². The highest BCUT2D eigenvalue weighted by molar-refractivity contribution is 9.09. The number of hydrogen-bond donors (Lipinski definition) is 1. The molecule has 2 rings (SSSR count). The molecule has 1 aliphatic rings. The van der Waals surface area contributed by atoms with Crippen molar-refractivity contribution in [3.8, 4) is 11.5 Å². The molecule has 4 nitrogen and oxygen atoms in total. The number of rotatable bonds is 5. The molecule has 1 amide bonds. The predicted octanol–water partition coefficient (Wildman–Crippen LogP) is 3.39. The normalized spacial score (nSPS) is 21.7. The highest BCUT2D eigenvalue weighted by Crippen LogP contribution is 2.29. The number of hydrogen-bond acceptors (Lipinski definition) is 3. The fourth-order valence-corrected chi connectivity index (χ4v) is 3.17. The van der Waals surface area contributed by atoms with Crippen molar-refractivity contribution >= 4 is 21.8 Å². The molecule has 0 aromatic heterocycles. The summed E-state index contributed by atoms with van der Waals surface area (Å²) in [6, 6.07) is 5.22. The first kappa shape index (κ1) is 16.1. The fraction of sp³-hybridized carbons (Fsp3) is 0.562. The van der Waals surface area contributed by atoms with Crippen molar-refractivity contribution in [1.29, 1.82) is 0 Å². The SMILES string of the molecule is COc1ccc(C(=O)NCC2CCC(Br)CC2)cc1OC. The van der Waals surface area contributed by atoms with Crippen molar-refractivity contribution in [2.45, 2.75) is 30.5 Å². The van der Waals surface area contributed by atoms with Gasteiger partial charge in [0.2, 0.25) is 0 Å². The lowest BCUT2D eigenvalue weighted by atomic mass is 9.89. The Morgan fingerprint density at radius 3 is 2.48 bits per heavy atom. The first-order valence-corrected chi connectivity index (χ1v) is 8.20. The topological polar surface area (TPSA) is 47.6 Å². The lowest BCUT2D eigenvalue weighted by Gasteiger charge is -2.25. The van der Waals surface area contributed by atoms with Gasteiger partial charge in [-0.25, -0.2) is 0 Å². The largest absolute Gasteiger partial charge is 0.493 e. The van der Waals surface area contributed by atoms with Crippen LogP contribution in [0.15, 0.2) is 18.2 Å². The Kier molecular flexibility index (Phi) is 5.91. The molecule has 0 spiro atoms. The number of alkyl halides is 1. The van der Waals surface area contributed by atoms with Crippen LogP contribution in [-0.2, 0) is 0 Å². The Hall–Kier alpha value is -1.23. The first-order chi connectivity index (χ1) is 10.1. The van der Waals surface area contributed by atoms with E-state index in [1.807, 2.05) is 0 Å². The van der Waals surface area contributed by atoms with Crippen LogP contribution in [0.2, 0.25) is 0 Å². The van der Waals surface area contributed by atoms with E-state index in [1.165, 1.54) is 25.7 Å². The maximum Gasteiger partial charge on any atom is 0.251 e. The Balaban J connectivity index is 1.91. The quantitative estimate of drug-likeness (QED) is 0.823. The van der Waals surface area contributed by atoms with Gasteiger partial charge in [-0.2, -0.15) is 0 Å². The highest BCUT2D eigenvalue weighted by Gasteiger charge is 2.20. The molecule has 5 heteroatoms. The summed E-state index contributed by atoms with van der Waals surface area (Å²) in [5.41, 5.74) is 0.599. The summed E-state index contributed by atoms with van der Waals surface area (Å²) in [6.45, 7) is 0.743. The molecule has 1 fully saturated rings. The molecular formula is C16H22BrNO3. The van der Waals surface area contributed by atoms with Gasteiger partial charge < -0.3 is 14.8 Å². The van der Waals surface area contributed by atoms with Gasteiger partial charge in [-0.15, -0.1) is 0 Å². The molecule has 1 saturated carbocycles. The van der Waals surface area contributed by atoms with E-state index in [-0.39, 0.29) is 5.91 Å². The third-order valence-electron chi connectivity index (χ3n) is 3.97. The van der Waals surface area contributed by atoms with E-state index < -0.39 is 0 Å². The number of nitrogens with one attached hydrogen (secondary N) is 1. The molecule has 1 N–H and O–H groups in total. The predicted molar refractivity (Wildman–Crippen MR) is 86.6 cm³/mol. The second-order valence-electron chi connectivity index (χ2n) is 5.40. The minimum atomic E-state index is -0.0584. The summed E-state index contributed by atoms with van der Waals surface area (Å²) in [7, 11) is 3.15. The number of amides is 1. The van der Waals surface area contributed by atoms with Crippen molar-refractivity contribution in [1.82, 2.24) is 5.32 Å². The molecule has 0 bridgehead atoms. The maximum absolute atomic E-state index is 12.2. The van der Waals surface area contributed by atoms with Gasteiger partial charge in [-0.05, 0) is 49.8 Å². The van der Waals surface area contributed by atoms with Gasteiger partial charge in [-0.1, -0.05) is 15.9 Å². The van der Waals surface area contributed by atoms with Crippen LogP contribution in [0.1, 0.15) is 36.0 Å². The molecule has 0 unspecified atom stereocenters. The summed E-state index contributed by atoms with van der Waals surface area (Å²) in [4.78, 5) is 12.9. The number of carbonyl (C=O) groups is 1. The number of methoxy groups -OCH3 is 2. The van der Waals surface area contributed by atoms with Crippen LogP contribution in [-0.4, -0.2) is 31.5 Å². The van der Waals surface area contributed by atoms with E-state index in [0.29, 0.717) is 27.8 Å². The highest BCUT2D eigenvalue weighted by atomic mass is 79.9. The Bertz CT molecular complexity index is 484. The first-order valence-electron chi connectivity index (χ1n) is 7.28. The molecule has 0 saturated heterocycles. The van der Waals surface area contributed by atoms with Crippen LogP contribution in [0.25, 0.3) is 0 Å². The van der Waals surface area contributed by atoms with Crippen LogP contribution in [0.3, 0.4) is 0 Å². The van der Waals surface area contributed by atoms with Gasteiger partial charge in [0, 0.05) is 16.9 Å². The minimum absolute atomic E-state index is 0.0584. The van der Waals surface area contributed by atoms with E-state index >= 15 is 0 Å². The van der Waals surface area contributed by atoms with Gasteiger partial charge in [-0.3, -0.25) is 4.79 Å². The second-order valence-corrected chi connectivity index (χ2v) is 6.69. The van der Waals surface area contributed by atoms with Gasteiger partial charge >= 0.3 is 0 Å². The molecule has 1 aliphatic carbocycles. The van der Waals surface area contributed by atoms with E-state index in [1.54, 1.807) is 32.4 Å². The maximum atomic E-state index is 12.2. The zero-order valence-corrected chi connectivity index (χ0v) is 14.1. The molecule has 1 aromatic carbocycles.